The Morgan fingerprint density at radius 3 is 2.36 bits per heavy atom. The molecule has 0 bridgehead atoms. The number of carbonyl (C=O) groups is 2. The summed E-state index contributed by atoms with van der Waals surface area (Å²) in [6, 6.07) is 17.6. The molecule has 2 aromatic carbocycles. The summed E-state index contributed by atoms with van der Waals surface area (Å²) in [7, 11) is 0. The van der Waals surface area contributed by atoms with Gasteiger partial charge in [0.15, 0.2) is 0 Å². The van der Waals surface area contributed by atoms with E-state index in [-0.39, 0.29) is 11.9 Å². The van der Waals surface area contributed by atoms with Crippen LogP contribution in [-0.2, 0) is 4.79 Å². The maximum Gasteiger partial charge on any atom is 0.325 e. The summed E-state index contributed by atoms with van der Waals surface area (Å²) in [5.41, 5.74) is 1.30. The smallest absolute Gasteiger partial charge is 0.325 e. The molecule has 3 amide bonds. The monoisotopic (exact) mass is 338 g/mol. The van der Waals surface area contributed by atoms with Crippen molar-refractivity contribution in [3.05, 3.63) is 54.6 Å². The summed E-state index contributed by atoms with van der Waals surface area (Å²) in [4.78, 5) is 25.3. The second-order valence-electron chi connectivity index (χ2n) is 6.58. The third-order valence-electron chi connectivity index (χ3n) is 4.20. The molecule has 0 aliphatic carbocycles. The highest BCUT2D eigenvalue weighted by Gasteiger charge is 2.43. The molecule has 1 heterocycles. The van der Waals surface area contributed by atoms with E-state index in [1.165, 1.54) is 4.90 Å². The van der Waals surface area contributed by atoms with Crippen LogP contribution in [0.5, 0.6) is 5.75 Å². The molecule has 2 aromatic rings. The molecule has 1 fully saturated rings. The minimum Gasteiger partial charge on any atom is -0.493 e. The van der Waals surface area contributed by atoms with Crippen LogP contribution in [0.15, 0.2) is 54.6 Å². The predicted molar refractivity (Wildman–Crippen MR) is 96.3 cm³/mol. The van der Waals surface area contributed by atoms with E-state index in [0.717, 1.165) is 16.9 Å². The van der Waals surface area contributed by atoms with Crippen LogP contribution in [0.3, 0.4) is 0 Å². The second-order valence-corrected chi connectivity index (χ2v) is 6.58. The summed E-state index contributed by atoms with van der Waals surface area (Å²) in [5, 5.41) is 2.68. The minimum absolute atomic E-state index is 0.192. The van der Waals surface area contributed by atoms with E-state index < -0.39 is 5.54 Å². The van der Waals surface area contributed by atoms with Crippen LogP contribution < -0.4 is 10.1 Å². The first-order valence-corrected chi connectivity index (χ1v) is 8.40. The Balaban J connectivity index is 1.59. The van der Waals surface area contributed by atoms with Gasteiger partial charge in [0.25, 0.3) is 5.91 Å². The molecule has 1 aliphatic heterocycles. The first kappa shape index (κ1) is 17.0. The van der Waals surface area contributed by atoms with E-state index in [0.29, 0.717) is 19.6 Å². The molecule has 0 aromatic heterocycles. The molecule has 0 spiro atoms. The number of benzene rings is 2. The first-order valence-electron chi connectivity index (χ1n) is 8.40. The topological polar surface area (TPSA) is 58.6 Å². The van der Waals surface area contributed by atoms with Crippen LogP contribution in [0, 0.1) is 0 Å². The number of hydrogen-bond acceptors (Lipinski definition) is 3. The lowest BCUT2D eigenvalue weighted by Gasteiger charge is -2.16. The van der Waals surface area contributed by atoms with Crippen molar-refractivity contribution in [2.24, 2.45) is 0 Å². The van der Waals surface area contributed by atoms with Gasteiger partial charge in [0.1, 0.15) is 11.3 Å². The molecule has 0 unspecified atom stereocenters. The fourth-order valence-corrected chi connectivity index (χ4v) is 2.87. The number of imide groups is 1. The van der Waals surface area contributed by atoms with E-state index in [1.54, 1.807) is 13.8 Å². The van der Waals surface area contributed by atoms with Gasteiger partial charge in [-0.05, 0) is 31.9 Å². The Morgan fingerprint density at radius 2 is 1.68 bits per heavy atom. The summed E-state index contributed by atoms with van der Waals surface area (Å²) < 4.78 is 5.90. The lowest BCUT2D eigenvalue weighted by molar-refractivity contribution is -0.130. The Hall–Kier alpha value is -2.82. The zero-order valence-corrected chi connectivity index (χ0v) is 14.5. The van der Waals surface area contributed by atoms with E-state index in [1.807, 2.05) is 54.6 Å². The van der Waals surface area contributed by atoms with Crippen molar-refractivity contribution in [3.8, 4) is 16.9 Å². The average molecular weight is 338 g/mol. The van der Waals surface area contributed by atoms with Crippen molar-refractivity contribution in [1.29, 1.82) is 0 Å². The number of hydrogen-bond donors (Lipinski definition) is 1. The van der Waals surface area contributed by atoms with Gasteiger partial charge in [-0.15, -0.1) is 0 Å². The van der Waals surface area contributed by atoms with Crippen molar-refractivity contribution in [1.82, 2.24) is 10.2 Å². The number of urea groups is 1. The highest BCUT2D eigenvalue weighted by Crippen LogP contribution is 2.29. The SMILES string of the molecule is CC1(C)NC(=O)N(CCCOc2ccccc2-c2ccccc2)C1=O. The number of rotatable bonds is 6. The van der Waals surface area contributed by atoms with Crippen molar-refractivity contribution < 1.29 is 14.3 Å². The van der Waals surface area contributed by atoms with Crippen molar-refractivity contribution in [2.75, 3.05) is 13.2 Å². The molecule has 3 rings (SSSR count). The van der Waals surface area contributed by atoms with Gasteiger partial charge in [0.2, 0.25) is 0 Å². The first-order chi connectivity index (χ1) is 12.0. The fourth-order valence-electron chi connectivity index (χ4n) is 2.87. The highest BCUT2D eigenvalue weighted by atomic mass is 16.5. The molecule has 1 saturated heterocycles. The molecule has 1 aliphatic rings. The molecule has 0 saturated carbocycles. The van der Waals surface area contributed by atoms with Gasteiger partial charge in [0, 0.05) is 12.1 Å². The van der Waals surface area contributed by atoms with Crippen molar-refractivity contribution >= 4 is 11.9 Å². The van der Waals surface area contributed by atoms with E-state index in [9.17, 15) is 9.59 Å². The molecule has 25 heavy (non-hydrogen) atoms. The summed E-state index contributed by atoms with van der Waals surface area (Å²) >= 11 is 0. The third kappa shape index (κ3) is 3.65. The third-order valence-corrected chi connectivity index (χ3v) is 4.20. The Bertz CT molecular complexity index is 772. The Labute approximate surface area is 147 Å². The maximum absolute atomic E-state index is 12.1. The zero-order valence-electron chi connectivity index (χ0n) is 14.5. The molecule has 130 valence electrons. The number of amides is 3. The standard InChI is InChI=1S/C20H22N2O3/c1-20(2)18(23)22(19(24)21-20)13-8-14-25-17-12-7-6-11-16(17)15-9-4-3-5-10-15/h3-7,9-12H,8,13-14H2,1-2H3,(H,21,24). The van der Waals surface area contributed by atoms with Gasteiger partial charge in [-0.3, -0.25) is 9.69 Å². The summed E-state index contributed by atoms with van der Waals surface area (Å²) in [6.07, 6.45) is 0.582. The number of ether oxygens (including phenoxy) is 1. The molecular weight excluding hydrogens is 316 g/mol. The molecule has 5 nitrogen and oxygen atoms in total. The molecule has 0 radical (unpaired) electrons. The van der Waals surface area contributed by atoms with Crippen molar-refractivity contribution in [3.63, 3.8) is 0 Å². The lowest BCUT2D eigenvalue weighted by Crippen LogP contribution is -2.40. The minimum atomic E-state index is -0.822. The van der Waals surface area contributed by atoms with E-state index in [2.05, 4.69) is 5.32 Å². The normalized spacial score (nSPS) is 16.0. The Morgan fingerprint density at radius 1 is 1.00 bits per heavy atom. The largest absolute Gasteiger partial charge is 0.493 e. The quantitative estimate of drug-likeness (QED) is 0.648. The van der Waals surface area contributed by atoms with Crippen LogP contribution in [0.2, 0.25) is 0 Å². The van der Waals surface area contributed by atoms with Crippen LogP contribution in [-0.4, -0.2) is 35.5 Å². The molecule has 5 heteroatoms. The summed E-state index contributed by atoms with van der Waals surface area (Å²) in [5.74, 6) is 0.605. The predicted octanol–water partition coefficient (Wildman–Crippen LogP) is 3.45. The molecule has 0 atom stereocenters. The van der Waals surface area contributed by atoms with Gasteiger partial charge in [-0.1, -0.05) is 48.5 Å². The van der Waals surface area contributed by atoms with Crippen LogP contribution >= 0.6 is 0 Å². The highest BCUT2D eigenvalue weighted by molar-refractivity contribution is 6.06. The number of para-hydroxylation sites is 1. The van der Waals surface area contributed by atoms with E-state index in [4.69, 9.17) is 4.74 Å². The van der Waals surface area contributed by atoms with Gasteiger partial charge in [0.05, 0.1) is 6.61 Å². The van der Waals surface area contributed by atoms with Gasteiger partial charge in [-0.2, -0.15) is 0 Å². The number of carbonyl (C=O) groups excluding carboxylic acids is 2. The second kappa shape index (κ2) is 6.97. The van der Waals surface area contributed by atoms with Gasteiger partial charge >= 0.3 is 6.03 Å². The average Bonchev–Trinajstić information content (AvgIpc) is 2.81. The Kier molecular flexibility index (Phi) is 4.74. The zero-order chi connectivity index (χ0) is 17.9. The fraction of sp³-hybridized carbons (Fsp3) is 0.300. The number of nitrogens with one attached hydrogen (secondary N) is 1. The van der Waals surface area contributed by atoms with E-state index >= 15 is 0 Å². The van der Waals surface area contributed by atoms with Crippen LogP contribution in [0.25, 0.3) is 11.1 Å². The van der Waals surface area contributed by atoms with Crippen LogP contribution in [0.1, 0.15) is 20.3 Å². The number of nitrogens with zero attached hydrogens (tertiary/aromatic N) is 1. The van der Waals surface area contributed by atoms with Crippen LogP contribution in [0.4, 0.5) is 4.79 Å². The summed E-state index contributed by atoms with van der Waals surface area (Å²) in [6.45, 7) is 4.20. The van der Waals surface area contributed by atoms with Gasteiger partial charge < -0.3 is 10.1 Å². The van der Waals surface area contributed by atoms with Gasteiger partial charge in [-0.25, -0.2) is 4.79 Å². The molecular formula is C20H22N2O3. The van der Waals surface area contributed by atoms with Crippen molar-refractivity contribution in [2.45, 2.75) is 25.8 Å². The maximum atomic E-state index is 12.1. The lowest BCUT2D eigenvalue weighted by atomic mass is 10.1. The molecule has 1 N–H and O–H groups in total.